The molecule has 80 valence electrons. The normalized spacial score (nSPS) is 13.1. The first-order valence-corrected chi connectivity index (χ1v) is 6.68. The van der Waals surface area contributed by atoms with Gasteiger partial charge in [0.15, 0.2) is 4.34 Å². The van der Waals surface area contributed by atoms with Gasteiger partial charge in [0, 0.05) is 18.2 Å². The molecular formula is C9H17N3S2. The number of rotatable bonds is 6. The second-order valence-electron chi connectivity index (χ2n) is 3.03. The van der Waals surface area contributed by atoms with Crippen LogP contribution in [0.4, 0.5) is 0 Å². The van der Waals surface area contributed by atoms with Crippen LogP contribution in [0.25, 0.3) is 0 Å². The van der Waals surface area contributed by atoms with Crippen molar-refractivity contribution in [3.63, 3.8) is 0 Å². The summed E-state index contributed by atoms with van der Waals surface area (Å²) in [6, 6.07) is 0.578. The quantitative estimate of drug-likeness (QED) is 0.762. The number of hydrogen-bond acceptors (Lipinski definition) is 5. The third kappa shape index (κ3) is 3.55. The van der Waals surface area contributed by atoms with Gasteiger partial charge in [-0.25, -0.2) is 4.98 Å². The average Bonchev–Trinajstić information content (AvgIpc) is 2.67. The molecule has 5 heteroatoms. The number of nitrogens with one attached hydrogen (secondary N) is 1. The molecule has 1 unspecified atom stereocenters. The molecule has 1 heterocycles. The monoisotopic (exact) mass is 231 g/mol. The van der Waals surface area contributed by atoms with Crippen LogP contribution in [-0.2, 0) is 6.42 Å². The van der Waals surface area contributed by atoms with Crippen molar-refractivity contribution in [2.24, 2.45) is 0 Å². The highest BCUT2D eigenvalue weighted by molar-refractivity contribution is 8.00. The van der Waals surface area contributed by atoms with Crippen LogP contribution in [-0.4, -0.2) is 28.2 Å². The van der Waals surface area contributed by atoms with E-state index in [0.29, 0.717) is 6.04 Å². The first-order chi connectivity index (χ1) is 6.80. The zero-order valence-corrected chi connectivity index (χ0v) is 10.5. The fourth-order valence-electron chi connectivity index (χ4n) is 1.02. The fourth-order valence-corrected chi connectivity index (χ4v) is 2.96. The van der Waals surface area contributed by atoms with Gasteiger partial charge in [-0.1, -0.05) is 25.6 Å². The van der Waals surface area contributed by atoms with Crippen LogP contribution < -0.4 is 5.32 Å². The van der Waals surface area contributed by atoms with Gasteiger partial charge in [-0.05, 0) is 25.0 Å². The van der Waals surface area contributed by atoms with E-state index in [1.54, 1.807) is 11.8 Å². The summed E-state index contributed by atoms with van der Waals surface area (Å²) in [7, 11) is 2.01. The summed E-state index contributed by atoms with van der Waals surface area (Å²) < 4.78 is 5.35. The van der Waals surface area contributed by atoms with Crippen LogP contribution in [0.5, 0.6) is 0 Å². The minimum Gasteiger partial charge on any atom is -0.316 e. The third-order valence-electron chi connectivity index (χ3n) is 2.07. The lowest BCUT2D eigenvalue weighted by atomic mass is 10.3. The van der Waals surface area contributed by atoms with E-state index in [0.717, 1.165) is 28.8 Å². The Morgan fingerprint density at radius 3 is 2.79 bits per heavy atom. The lowest BCUT2D eigenvalue weighted by Gasteiger charge is -2.10. The molecule has 1 aromatic heterocycles. The Morgan fingerprint density at radius 2 is 2.29 bits per heavy atom. The minimum atomic E-state index is 0.578. The molecule has 3 nitrogen and oxygen atoms in total. The molecule has 0 spiro atoms. The average molecular weight is 231 g/mol. The summed E-state index contributed by atoms with van der Waals surface area (Å²) in [5.74, 6) is 2.04. The predicted molar refractivity (Wildman–Crippen MR) is 63.1 cm³/mol. The van der Waals surface area contributed by atoms with Gasteiger partial charge in [-0.15, -0.1) is 0 Å². The molecule has 1 atom stereocenters. The van der Waals surface area contributed by atoms with E-state index in [1.165, 1.54) is 11.5 Å². The van der Waals surface area contributed by atoms with Crippen LogP contribution in [0, 0.1) is 0 Å². The maximum atomic E-state index is 4.41. The van der Waals surface area contributed by atoms with Gasteiger partial charge in [0.05, 0.1) is 0 Å². The zero-order valence-electron chi connectivity index (χ0n) is 8.91. The second kappa shape index (κ2) is 6.37. The number of aryl methyl sites for hydroxylation is 1. The van der Waals surface area contributed by atoms with E-state index in [9.17, 15) is 0 Å². The van der Waals surface area contributed by atoms with Gasteiger partial charge in [-0.2, -0.15) is 4.37 Å². The fraction of sp³-hybridized carbons (Fsp3) is 0.778. The van der Waals surface area contributed by atoms with Crippen LogP contribution in [0.1, 0.15) is 26.1 Å². The largest absolute Gasteiger partial charge is 0.316 e. The van der Waals surface area contributed by atoms with E-state index in [4.69, 9.17) is 0 Å². The van der Waals surface area contributed by atoms with Gasteiger partial charge >= 0.3 is 0 Å². The molecule has 0 aliphatic heterocycles. The molecule has 14 heavy (non-hydrogen) atoms. The molecule has 0 saturated heterocycles. The number of aromatic nitrogens is 2. The zero-order chi connectivity index (χ0) is 10.4. The molecule has 1 aromatic rings. The van der Waals surface area contributed by atoms with E-state index in [2.05, 4.69) is 28.5 Å². The van der Waals surface area contributed by atoms with E-state index in [-0.39, 0.29) is 0 Å². The highest BCUT2D eigenvalue weighted by atomic mass is 32.2. The molecule has 0 aliphatic carbocycles. The SMILES string of the molecule is CCc1nsc(SCC(CC)NC)n1. The summed E-state index contributed by atoms with van der Waals surface area (Å²) in [4.78, 5) is 4.41. The van der Waals surface area contributed by atoms with Crippen molar-refractivity contribution < 1.29 is 0 Å². The maximum Gasteiger partial charge on any atom is 0.170 e. The van der Waals surface area contributed by atoms with Crippen molar-refractivity contribution in [1.29, 1.82) is 0 Å². The number of thioether (sulfide) groups is 1. The summed E-state index contributed by atoms with van der Waals surface area (Å²) >= 11 is 3.31. The van der Waals surface area contributed by atoms with Crippen molar-refractivity contribution >= 4 is 23.3 Å². The van der Waals surface area contributed by atoms with Gasteiger partial charge in [0.2, 0.25) is 0 Å². The van der Waals surface area contributed by atoms with Crippen molar-refractivity contribution in [3.05, 3.63) is 5.82 Å². The van der Waals surface area contributed by atoms with Crippen molar-refractivity contribution in [3.8, 4) is 0 Å². The summed E-state index contributed by atoms with van der Waals surface area (Å²) in [5.41, 5.74) is 0. The van der Waals surface area contributed by atoms with Gasteiger partial charge in [-0.3, -0.25) is 0 Å². The minimum absolute atomic E-state index is 0.578. The molecule has 1 rings (SSSR count). The van der Waals surface area contributed by atoms with Crippen molar-refractivity contribution in [2.75, 3.05) is 12.8 Å². The molecule has 1 N–H and O–H groups in total. The Balaban J connectivity index is 2.37. The number of hydrogen-bond donors (Lipinski definition) is 1. The molecule has 0 radical (unpaired) electrons. The molecule has 0 aromatic carbocycles. The lowest BCUT2D eigenvalue weighted by molar-refractivity contribution is 0.601. The maximum absolute atomic E-state index is 4.41. The smallest absolute Gasteiger partial charge is 0.170 e. The topological polar surface area (TPSA) is 37.8 Å². The van der Waals surface area contributed by atoms with E-state index < -0.39 is 0 Å². The first kappa shape index (κ1) is 11.9. The Labute approximate surface area is 93.9 Å². The summed E-state index contributed by atoms with van der Waals surface area (Å²) in [6.07, 6.45) is 2.09. The van der Waals surface area contributed by atoms with Gasteiger partial charge in [0.1, 0.15) is 5.82 Å². The summed E-state index contributed by atoms with van der Waals surface area (Å²) in [6.45, 7) is 4.28. The van der Waals surface area contributed by atoms with Crippen molar-refractivity contribution in [1.82, 2.24) is 14.7 Å². The van der Waals surface area contributed by atoms with Crippen molar-refractivity contribution in [2.45, 2.75) is 37.1 Å². The third-order valence-corrected chi connectivity index (χ3v) is 4.11. The van der Waals surface area contributed by atoms with Crippen LogP contribution >= 0.6 is 23.3 Å². The molecule has 0 saturated carbocycles. The lowest BCUT2D eigenvalue weighted by Crippen LogP contribution is -2.26. The Morgan fingerprint density at radius 1 is 1.50 bits per heavy atom. The standard InChI is InChI=1S/C9H17N3S2/c1-4-7(10-3)6-13-9-11-8(5-2)12-14-9/h7,10H,4-6H2,1-3H3. The first-order valence-electron chi connectivity index (χ1n) is 4.92. The molecular weight excluding hydrogens is 214 g/mol. The predicted octanol–water partition coefficient (Wildman–Crippen LogP) is 2.19. The highest BCUT2D eigenvalue weighted by Gasteiger charge is 2.07. The Kier molecular flexibility index (Phi) is 5.44. The summed E-state index contributed by atoms with van der Waals surface area (Å²) in [5, 5.41) is 3.28. The second-order valence-corrected chi connectivity index (χ2v) is 5.05. The Hall–Kier alpha value is -0.130. The molecule has 0 fully saturated rings. The Bertz CT molecular complexity index is 258. The van der Waals surface area contributed by atoms with Gasteiger partial charge < -0.3 is 5.32 Å². The molecule has 0 bridgehead atoms. The molecule has 0 aliphatic rings. The van der Waals surface area contributed by atoms with Gasteiger partial charge in [0.25, 0.3) is 0 Å². The highest BCUT2D eigenvalue weighted by Crippen LogP contribution is 2.21. The van der Waals surface area contributed by atoms with Crippen LogP contribution in [0.2, 0.25) is 0 Å². The number of nitrogens with zero attached hydrogens (tertiary/aromatic N) is 2. The van der Waals surface area contributed by atoms with Crippen LogP contribution in [0.3, 0.4) is 0 Å². The molecule has 0 amide bonds. The van der Waals surface area contributed by atoms with E-state index >= 15 is 0 Å². The van der Waals surface area contributed by atoms with E-state index in [1.807, 2.05) is 7.05 Å². The van der Waals surface area contributed by atoms with Crippen LogP contribution in [0.15, 0.2) is 4.34 Å².